The summed E-state index contributed by atoms with van der Waals surface area (Å²) >= 11 is 0. The van der Waals surface area contributed by atoms with Crippen molar-refractivity contribution >= 4 is 11.6 Å². The number of rotatable bonds is 6. The molecule has 3 aromatic heterocycles. The summed E-state index contributed by atoms with van der Waals surface area (Å²) in [7, 11) is 2.20. The quantitative estimate of drug-likeness (QED) is 0.378. The van der Waals surface area contributed by atoms with E-state index in [4.69, 9.17) is 15.0 Å². The minimum Gasteiger partial charge on any atom is -0.355 e. The second kappa shape index (κ2) is 10.6. The maximum atomic E-state index is 4.83. The van der Waals surface area contributed by atoms with Crippen molar-refractivity contribution in [1.82, 2.24) is 39.3 Å². The van der Waals surface area contributed by atoms with Crippen LogP contribution < -0.4 is 4.90 Å². The molecule has 0 saturated carbocycles. The van der Waals surface area contributed by atoms with E-state index in [1.54, 1.807) is 0 Å². The Labute approximate surface area is 230 Å². The summed E-state index contributed by atoms with van der Waals surface area (Å²) in [5.74, 6) is 2.95. The second-order valence-electron chi connectivity index (χ2n) is 11.4. The van der Waals surface area contributed by atoms with Gasteiger partial charge in [-0.05, 0) is 76.3 Å². The van der Waals surface area contributed by atoms with Gasteiger partial charge in [-0.1, -0.05) is 12.1 Å². The van der Waals surface area contributed by atoms with E-state index >= 15 is 0 Å². The van der Waals surface area contributed by atoms with Crippen LogP contribution in [0, 0.1) is 33.6 Å². The highest BCUT2D eigenvalue weighted by atomic mass is 15.3. The number of hydrogen-bond acceptors (Lipinski definition) is 8. The number of benzene rings is 1. The zero-order valence-corrected chi connectivity index (χ0v) is 23.9. The van der Waals surface area contributed by atoms with Gasteiger partial charge in [-0.25, -0.2) is 14.5 Å². The number of fused-ring (bicyclic) bond motifs is 1. The van der Waals surface area contributed by atoms with E-state index in [-0.39, 0.29) is 0 Å². The van der Waals surface area contributed by atoms with Gasteiger partial charge in [0.05, 0.1) is 18.1 Å². The minimum absolute atomic E-state index is 0.545. The first-order valence-electron chi connectivity index (χ1n) is 14.1. The van der Waals surface area contributed by atoms with E-state index < -0.39 is 0 Å². The monoisotopic (exact) mass is 525 g/mol. The third kappa shape index (κ3) is 5.38. The predicted octanol–water partition coefficient (Wildman–Crippen LogP) is 3.63. The molecular formula is C30H39N9. The summed E-state index contributed by atoms with van der Waals surface area (Å²) in [6.45, 7) is 15.9. The van der Waals surface area contributed by atoms with E-state index in [2.05, 4.69) is 70.8 Å². The molecule has 0 N–H and O–H groups in total. The molecular weight excluding hydrogens is 486 g/mol. The lowest BCUT2D eigenvalue weighted by molar-refractivity contribution is 0.148. The van der Waals surface area contributed by atoms with Gasteiger partial charge in [0.15, 0.2) is 0 Å². The van der Waals surface area contributed by atoms with Crippen molar-refractivity contribution in [3.63, 3.8) is 0 Å². The van der Waals surface area contributed by atoms with Crippen LogP contribution in [-0.2, 0) is 13.0 Å². The Morgan fingerprint density at radius 1 is 0.923 bits per heavy atom. The second-order valence-corrected chi connectivity index (χ2v) is 11.4. The Morgan fingerprint density at radius 2 is 1.74 bits per heavy atom. The van der Waals surface area contributed by atoms with Crippen molar-refractivity contribution in [2.45, 2.75) is 47.1 Å². The summed E-state index contributed by atoms with van der Waals surface area (Å²) in [5.41, 5.74) is 8.26. The molecule has 9 heteroatoms. The maximum absolute atomic E-state index is 4.83. The van der Waals surface area contributed by atoms with E-state index in [9.17, 15) is 0 Å². The van der Waals surface area contributed by atoms with Crippen molar-refractivity contribution in [3.05, 3.63) is 64.5 Å². The fraction of sp³-hybridized carbons (Fsp3) is 0.500. The average molecular weight is 526 g/mol. The highest BCUT2D eigenvalue weighted by Crippen LogP contribution is 2.28. The van der Waals surface area contributed by atoms with Crippen LogP contribution in [0.25, 0.3) is 17.0 Å². The molecule has 5 heterocycles. The van der Waals surface area contributed by atoms with Crippen LogP contribution in [-0.4, -0.2) is 85.7 Å². The molecule has 0 amide bonds. The molecule has 0 spiro atoms. The van der Waals surface area contributed by atoms with E-state index in [0.717, 1.165) is 92.9 Å². The van der Waals surface area contributed by atoms with Gasteiger partial charge in [-0.3, -0.25) is 9.88 Å². The Kier molecular flexibility index (Phi) is 7.03. The molecule has 39 heavy (non-hydrogen) atoms. The molecule has 1 atom stereocenters. The first-order chi connectivity index (χ1) is 18.8. The van der Waals surface area contributed by atoms with Gasteiger partial charge in [0, 0.05) is 62.8 Å². The molecule has 1 aromatic carbocycles. The maximum Gasteiger partial charge on any atom is 0.252 e. The lowest BCUT2D eigenvalue weighted by atomic mass is 9.96. The number of piperazine rings is 1. The van der Waals surface area contributed by atoms with Gasteiger partial charge in [0.1, 0.15) is 11.6 Å². The van der Waals surface area contributed by atoms with Crippen LogP contribution in [0.2, 0.25) is 0 Å². The molecule has 2 saturated heterocycles. The fourth-order valence-corrected chi connectivity index (χ4v) is 6.01. The number of nitrogens with zero attached hydrogens (tertiary/aromatic N) is 9. The number of likely N-dealkylation sites (N-methyl/N-ethyl adjacent to an activating group) is 1. The van der Waals surface area contributed by atoms with Crippen molar-refractivity contribution in [2.75, 3.05) is 51.2 Å². The lowest BCUT2D eigenvalue weighted by Gasteiger charge is -2.32. The predicted molar refractivity (Wildman–Crippen MR) is 154 cm³/mol. The average Bonchev–Trinajstić information content (AvgIpc) is 3.55. The zero-order chi connectivity index (χ0) is 27.1. The van der Waals surface area contributed by atoms with Crippen LogP contribution in [0.1, 0.15) is 40.3 Å². The summed E-state index contributed by atoms with van der Waals surface area (Å²) < 4.78 is 1.88. The van der Waals surface area contributed by atoms with E-state index in [0.29, 0.717) is 11.7 Å². The highest BCUT2D eigenvalue weighted by Gasteiger charge is 2.26. The number of aromatic nitrogens is 6. The first-order valence-corrected chi connectivity index (χ1v) is 14.1. The largest absolute Gasteiger partial charge is 0.355 e. The van der Waals surface area contributed by atoms with Crippen LogP contribution in [0.15, 0.2) is 30.6 Å². The highest BCUT2D eigenvalue weighted by molar-refractivity contribution is 5.61. The van der Waals surface area contributed by atoms with Crippen molar-refractivity contribution in [1.29, 1.82) is 0 Å². The van der Waals surface area contributed by atoms with Crippen molar-refractivity contribution in [2.24, 2.45) is 5.92 Å². The van der Waals surface area contributed by atoms with Crippen LogP contribution >= 0.6 is 0 Å². The van der Waals surface area contributed by atoms with Crippen LogP contribution in [0.5, 0.6) is 0 Å². The van der Waals surface area contributed by atoms with Crippen LogP contribution in [0.4, 0.5) is 5.82 Å². The smallest absolute Gasteiger partial charge is 0.252 e. The minimum atomic E-state index is 0.545. The van der Waals surface area contributed by atoms with Gasteiger partial charge in [0.2, 0.25) is 0 Å². The fourth-order valence-electron chi connectivity index (χ4n) is 6.01. The molecule has 9 nitrogen and oxygen atoms in total. The van der Waals surface area contributed by atoms with Gasteiger partial charge in [-0.15, -0.1) is 0 Å². The Balaban J connectivity index is 1.10. The molecule has 2 aliphatic heterocycles. The van der Waals surface area contributed by atoms with Crippen molar-refractivity contribution < 1.29 is 0 Å². The molecule has 6 rings (SSSR count). The van der Waals surface area contributed by atoms with E-state index in [1.165, 1.54) is 16.7 Å². The molecule has 0 bridgehead atoms. The van der Waals surface area contributed by atoms with Gasteiger partial charge < -0.3 is 9.80 Å². The Bertz CT molecular complexity index is 1470. The third-order valence-corrected chi connectivity index (χ3v) is 8.52. The Morgan fingerprint density at radius 3 is 2.49 bits per heavy atom. The molecule has 2 aliphatic rings. The van der Waals surface area contributed by atoms with Gasteiger partial charge in [-0.2, -0.15) is 10.1 Å². The molecule has 204 valence electrons. The van der Waals surface area contributed by atoms with Gasteiger partial charge >= 0.3 is 0 Å². The molecule has 4 aromatic rings. The first kappa shape index (κ1) is 25.8. The zero-order valence-electron chi connectivity index (χ0n) is 23.9. The van der Waals surface area contributed by atoms with Gasteiger partial charge in [0.25, 0.3) is 5.78 Å². The summed E-state index contributed by atoms with van der Waals surface area (Å²) in [6.07, 6.45) is 5.98. The molecule has 2 fully saturated rings. The topological polar surface area (TPSA) is 78.6 Å². The number of hydrogen-bond donors (Lipinski definition) is 0. The molecule has 0 unspecified atom stereocenters. The summed E-state index contributed by atoms with van der Waals surface area (Å²) in [5, 5.41) is 4.53. The third-order valence-electron chi connectivity index (χ3n) is 8.52. The molecule has 0 aliphatic carbocycles. The number of anilines is 1. The molecule has 0 radical (unpaired) electrons. The normalized spacial score (nSPS) is 18.9. The SMILES string of the molecule is Cc1nc2nc(C)c(C[C@@H]3CCN(c4cnc(-c5ccc(CN6CCN(C)CC6)c(C)c5)cn4)C3)c(C)n2n1. The Hall–Kier alpha value is -3.43. The van der Waals surface area contributed by atoms with Crippen LogP contribution in [0.3, 0.4) is 0 Å². The van der Waals surface area contributed by atoms with E-state index in [1.807, 2.05) is 23.8 Å². The van der Waals surface area contributed by atoms with Crippen molar-refractivity contribution in [3.8, 4) is 11.3 Å². The summed E-state index contributed by atoms with van der Waals surface area (Å²) in [4.78, 5) is 26.1. The standard InChI is InChI=1S/C30H39N9/c1-20-14-25(6-7-26(20)19-37-12-10-36(5)11-13-37)28-16-32-29(17-31-28)38-9-8-24(18-38)15-27-21(2)33-30-34-23(4)35-39(30)22(27)3/h6-7,14,16-17,24H,8-13,15,18-19H2,1-5H3/t24-/m0/s1. The number of aryl methyl sites for hydroxylation is 4. The summed E-state index contributed by atoms with van der Waals surface area (Å²) in [6, 6.07) is 6.72. The lowest BCUT2D eigenvalue weighted by Crippen LogP contribution is -2.43.